The lowest BCUT2D eigenvalue weighted by atomic mass is 9.60. The van der Waals surface area contributed by atoms with E-state index in [0.717, 1.165) is 50.4 Å². The number of nitrogens with zero attached hydrogens (tertiary/aromatic N) is 3. The van der Waals surface area contributed by atoms with E-state index in [0.29, 0.717) is 17.4 Å². The van der Waals surface area contributed by atoms with Crippen molar-refractivity contribution in [3.05, 3.63) is 27.9 Å². The van der Waals surface area contributed by atoms with Crippen LogP contribution < -0.4 is 5.56 Å². The first-order chi connectivity index (χ1) is 13.4. The highest BCUT2D eigenvalue weighted by Crippen LogP contribution is 2.50. The van der Waals surface area contributed by atoms with Crippen LogP contribution in [0, 0.1) is 5.41 Å². The van der Waals surface area contributed by atoms with Crippen LogP contribution in [0.5, 0.6) is 0 Å². The Morgan fingerprint density at radius 2 is 1.82 bits per heavy atom. The first kappa shape index (κ1) is 21.0. The van der Waals surface area contributed by atoms with E-state index in [9.17, 15) is 9.59 Å². The number of hydrogen-bond acceptors (Lipinski definition) is 4. The lowest BCUT2D eigenvalue weighted by molar-refractivity contribution is -0.155. The number of nitrogens with one attached hydrogen (secondary N) is 1. The molecule has 1 aromatic rings. The van der Waals surface area contributed by atoms with Crippen molar-refractivity contribution >= 4 is 5.91 Å². The molecule has 1 saturated carbocycles. The Morgan fingerprint density at radius 3 is 2.32 bits per heavy atom. The van der Waals surface area contributed by atoms with Crippen LogP contribution in [0.3, 0.4) is 0 Å². The molecule has 0 aromatic carbocycles. The Labute approximate surface area is 168 Å². The standard InChI is InChI=1S/C20H30N4O2.C2H6/c1-13(2)18-21-10-17(19(26)22-18)15-4-6-23(7-5-15)16-8-20(9-16)11-24(12-20)14(3)25;1-2/h10,13,15-16H,4-9,11-12H2,1-3H3,(H,21,22,26);1-2H3. The molecule has 156 valence electrons. The van der Waals surface area contributed by atoms with Crippen molar-refractivity contribution in [3.8, 4) is 0 Å². The van der Waals surface area contributed by atoms with Gasteiger partial charge in [-0.2, -0.15) is 0 Å². The van der Waals surface area contributed by atoms with Gasteiger partial charge in [0.05, 0.1) is 0 Å². The minimum Gasteiger partial charge on any atom is -0.342 e. The molecule has 1 spiro atoms. The second-order valence-corrected chi connectivity index (χ2v) is 8.96. The molecule has 28 heavy (non-hydrogen) atoms. The third kappa shape index (κ3) is 4.02. The lowest BCUT2D eigenvalue weighted by Gasteiger charge is -2.61. The summed E-state index contributed by atoms with van der Waals surface area (Å²) in [6, 6.07) is 0.671. The van der Waals surface area contributed by atoms with Gasteiger partial charge in [-0.3, -0.25) is 9.59 Å². The smallest absolute Gasteiger partial charge is 0.254 e. The quantitative estimate of drug-likeness (QED) is 0.864. The number of aromatic nitrogens is 2. The van der Waals surface area contributed by atoms with Crippen LogP contribution in [0.1, 0.15) is 83.5 Å². The minimum atomic E-state index is 0.0449. The Balaban J connectivity index is 0.00000109. The van der Waals surface area contributed by atoms with Gasteiger partial charge in [-0.1, -0.05) is 27.7 Å². The second kappa shape index (κ2) is 8.36. The van der Waals surface area contributed by atoms with Crippen LogP contribution >= 0.6 is 0 Å². The molecule has 4 rings (SSSR count). The number of aromatic amines is 1. The van der Waals surface area contributed by atoms with Crippen molar-refractivity contribution in [3.63, 3.8) is 0 Å². The van der Waals surface area contributed by atoms with Gasteiger partial charge in [0.25, 0.3) is 5.56 Å². The number of likely N-dealkylation sites (tertiary alicyclic amines) is 2. The van der Waals surface area contributed by atoms with Crippen LogP contribution in [-0.2, 0) is 4.79 Å². The van der Waals surface area contributed by atoms with E-state index < -0.39 is 0 Å². The Bertz CT molecular complexity index is 735. The third-order valence-electron chi connectivity index (χ3n) is 6.71. The normalized spacial score (nSPS) is 22.4. The van der Waals surface area contributed by atoms with Crippen LogP contribution in [0.25, 0.3) is 0 Å². The van der Waals surface area contributed by atoms with Crippen molar-refractivity contribution in [2.75, 3.05) is 26.2 Å². The fourth-order valence-corrected chi connectivity index (χ4v) is 5.02. The first-order valence-electron chi connectivity index (χ1n) is 11.0. The summed E-state index contributed by atoms with van der Waals surface area (Å²) >= 11 is 0. The second-order valence-electron chi connectivity index (χ2n) is 8.96. The molecule has 3 heterocycles. The van der Waals surface area contributed by atoms with Crippen LogP contribution in [0.4, 0.5) is 0 Å². The number of carbonyl (C=O) groups is 1. The average molecular weight is 389 g/mol. The van der Waals surface area contributed by atoms with E-state index in [1.807, 2.05) is 32.6 Å². The maximum Gasteiger partial charge on any atom is 0.254 e. The number of carbonyl (C=O) groups excluding carboxylic acids is 1. The van der Waals surface area contributed by atoms with Gasteiger partial charge in [0.2, 0.25) is 5.91 Å². The number of amides is 1. The minimum absolute atomic E-state index is 0.0449. The van der Waals surface area contributed by atoms with E-state index in [1.54, 1.807) is 13.1 Å². The zero-order valence-electron chi connectivity index (χ0n) is 18.1. The highest BCUT2D eigenvalue weighted by Gasteiger charge is 2.54. The van der Waals surface area contributed by atoms with Crippen molar-refractivity contribution < 1.29 is 4.79 Å². The maximum atomic E-state index is 12.4. The fraction of sp³-hybridized carbons (Fsp3) is 0.773. The van der Waals surface area contributed by atoms with Gasteiger partial charge in [-0.25, -0.2) is 4.98 Å². The topological polar surface area (TPSA) is 69.3 Å². The fourth-order valence-electron chi connectivity index (χ4n) is 5.02. The zero-order valence-corrected chi connectivity index (χ0v) is 18.1. The molecule has 1 aliphatic carbocycles. The summed E-state index contributed by atoms with van der Waals surface area (Å²) in [6.45, 7) is 13.8. The molecule has 2 aliphatic heterocycles. The van der Waals surface area contributed by atoms with Gasteiger partial charge >= 0.3 is 0 Å². The molecule has 0 bridgehead atoms. The summed E-state index contributed by atoms with van der Waals surface area (Å²) in [5.74, 6) is 1.56. The van der Waals surface area contributed by atoms with Gasteiger partial charge in [0.15, 0.2) is 0 Å². The van der Waals surface area contributed by atoms with E-state index in [4.69, 9.17) is 0 Å². The van der Waals surface area contributed by atoms with Crippen molar-refractivity contribution in [2.24, 2.45) is 5.41 Å². The van der Waals surface area contributed by atoms with Crippen molar-refractivity contribution in [1.82, 2.24) is 19.8 Å². The molecule has 3 aliphatic rings. The van der Waals surface area contributed by atoms with Gasteiger partial charge in [-0.05, 0) is 44.7 Å². The van der Waals surface area contributed by atoms with Gasteiger partial charge in [-0.15, -0.1) is 0 Å². The molecule has 2 saturated heterocycles. The van der Waals surface area contributed by atoms with E-state index in [-0.39, 0.29) is 17.4 Å². The van der Waals surface area contributed by atoms with Crippen LogP contribution in [-0.4, -0.2) is 57.9 Å². The maximum absolute atomic E-state index is 12.4. The number of piperidine rings is 1. The van der Waals surface area contributed by atoms with E-state index in [1.165, 1.54) is 12.8 Å². The summed E-state index contributed by atoms with van der Waals surface area (Å²) in [5.41, 5.74) is 1.32. The average Bonchev–Trinajstić information content (AvgIpc) is 2.61. The first-order valence-corrected chi connectivity index (χ1v) is 11.0. The third-order valence-corrected chi connectivity index (χ3v) is 6.71. The Hall–Kier alpha value is -1.69. The number of H-pyrrole nitrogens is 1. The summed E-state index contributed by atoms with van der Waals surface area (Å²) in [4.78, 5) is 35.7. The highest BCUT2D eigenvalue weighted by atomic mass is 16.2. The SMILES string of the molecule is CC.CC(=O)N1CC2(CC(N3CCC(c4cnc(C(C)C)[nH]c4=O)CC3)C2)C1. The van der Waals surface area contributed by atoms with Gasteiger partial charge in [0.1, 0.15) is 5.82 Å². The molecule has 0 atom stereocenters. The predicted octanol–water partition coefficient (Wildman–Crippen LogP) is 3.11. The molecule has 1 N–H and O–H groups in total. The van der Waals surface area contributed by atoms with Crippen molar-refractivity contribution in [1.29, 1.82) is 0 Å². The van der Waals surface area contributed by atoms with Crippen LogP contribution in [0.15, 0.2) is 11.0 Å². The van der Waals surface area contributed by atoms with Gasteiger partial charge < -0.3 is 14.8 Å². The molecular weight excluding hydrogens is 352 g/mol. The lowest BCUT2D eigenvalue weighted by Crippen LogP contribution is -2.67. The summed E-state index contributed by atoms with van der Waals surface area (Å²) in [7, 11) is 0. The predicted molar refractivity (Wildman–Crippen MR) is 112 cm³/mol. The number of hydrogen-bond donors (Lipinski definition) is 1. The van der Waals surface area contributed by atoms with E-state index >= 15 is 0 Å². The molecule has 0 unspecified atom stereocenters. The van der Waals surface area contributed by atoms with Crippen LogP contribution in [0.2, 0.25) is 0 Å². The molecule has 6 nitrogen and oxygen atoms in total. The monoisotopic (exact) mass is 388 g/mol. The molecular formula is C22H36N4O2. The zero-order chi connectivity index (χ0) is 20.5. The summed E-state index contributed by atoms with van der Waals surface area (Å²) in [5, 5.41) is 0. The molecule has 0 radical (unpaired) electrons. The molecule has 1 amide bonds. The Kier molecular flexibility index (Phi) is 6.28. The van der Waals surface area contributed by atoms with E-state index in [2.05, 4.69) is 14.9 Å². The van der Waals surface area contributed by atoms with Gasteiger partial charge in [0, 0.05) is 49.1 Å². The summed E-state index contributed by atoms with van der Waals surface area (Å²) in [6.07, 6.45) is 6.33. The summed E-state index contributed by atoms with van der Waals surface area (Å²) < 4.78 is 0. The number of rotatable bonds is 3. The highest BCUT2D eigenvalue weighted by molar-refractivity contribution is 5.74. The molecule has 1 aromatic heterocycles. The van der Waals surface area contributed by atoms with Crippen molar-refractivity contribution in [2.45, 2.75) is 78.2 Å². The Morgan fingerprint density at radius 1 is 1.21 bits per heavy atom. The molecule has 3 fully saturated rings. The molecule has 6 heteroatoms. The largest absolute Gasteiger partial charge is 0.342 e.